The molecule has 0 aliphatic carbocycles. The number of carboxylic acids is 1. The van der Waals surface area contributed by atoms with Crippen LogP contribution in [0.2, 0.25) is 5.02 Å². The summed E-state index contributed by atoms with van der Waals surface area (Å²) in [5.41, 5.74) is 10.4. The predicted molar refractivity (Wildman–Crippen MR) is 98.0 cm³/mol. The monoisotopic (exact) mass is 376 g/mol. The Hall–Kier alpha value is -1.33. The maximum Gasteiger partial charge on any atom is 0.320 e. The van der Waals surface area contributed by atoms with Crippen molar-refractivity contribution in [2.75, 3.05) is 0 Å². The van der Waals surface area contributed by atoms with Gasteiger partial charge >= 0.3 is 5.97 Å². The molecule has 1 aromatic carbocycles. The molecule has 1 heterocycles. The standard InChI is InChI=1S/C16H17ClN2O2.2ClH/c1-9-10(2)19-6-5-13(9)11-3-4-12(14(17)7-11)8-15(18)16(20)21;;/h3-7,15H,8,18H2,1-2H3,(H,20,21);2*1H/t15-;;/m0../s1. The van der Waals surface area contributed by atoms with E-state index in [1.54, 1.807) is 6.20 Å². The van der Waals surface area contributed by atoms with E-state index in [1.165, 1.54) is 0 Å². The maximum absolute atomic E-state index is 10.8. The summed E-state index contributed by atoms with van der Waals surface area (Å²) in [4.78, 5) is 15.1. The molecule has 7 heteroatoms. The first-order valence-corrected chi connectivity index (χ1v) is 6.97. The van der Waals surface area contributed by atoms with E-state index in [0.29, 0.717) is 5.02 Å². The summed E-state index contributed by atoms with van der Waals surface area (Å²) in [5, 5.41) is 9.38. The number of aliphatic carboxylic acids is 1. The van der Waals surface area contributed by atoms with E-state index in [9.17, 15) is 4.79 Å². The molecular formula is C16H19Cl3N2O2. The van der Waals surface area contributed by atoms with E-state index >= 15 is 0 Å². The number of pyridine rings is 1. The highest BCUT2D eigenvalue weighted by atomic mass is 35.5. The number of nitrogens with two attached hydrogens (primary N) is 1. The van der Waals surface area contributed by atoms with Crippen LogP contribution in [0.25, 0.3) is 11.1 Å². The van der Waals surface area contributed by atoms with Crippen LogP contribution in [0.4, 0.5) is 0 Å². The van der Waals surface area contributed by atoms with E-state index < -0.39 is 12.0 Å². The molecule has 0 amide bonds. The third-order valence-electron chi connectivity index (χ3n) is 3.58. The number of carbonyl (C=O) groups is 1. The topological polar surface area (TPSA) is 76.2 Å². The van der Waals surface area contributed by atoms with E-state index in [1.807, 2.05) is 38.1 Å². The quantitative estimate of drug-likeness (QED) is 0.849. The summed E-state index contributed by atoms with van der Waals surface area (Å²) in [6, 6.07) is 6.59. The molecule has 3 N–H and O–H groups in total. The highest BCUT2D eigenvalue weighted by Gasteiger charge is 2.15. The van der Waals surface area contributed by atoms with Crippen LogP contribution in [-0.4, -0.2) is 22.1 Å². The molecule has 0 saturated carbocycles. The molecule has 0 bridgehead atoms. The van der Waals surface area contributed by atoms with Crippen LogP contribution in [0.5, 0.6) is 0 Å². The third-order valence-corrected chi connectivity index (χ3v) is 3.93. The zero-order valence-electron chi connectivity index (χ0n) is 12.7. The number of hydrogen-bond donors (Lipinski definition) is 2. The zero-order valence-corrected chi connectivity index (χ0v) is 15.1. The minimum atomic E-state index is -1.03. The Labute approximate surface area is 152 Å². The Balaban J connectivity index is 0.00000242. The van der Waals surface area contributed by atoms with Crippen LogP contribution in [0.1, 0.15) is 16.8 Å². The molecule has 0 aliphatic rings. The summed E-state index contributed by atoms with van der Waals surface area (Å²) in [5.74, 6) is -1.03. The molecule has 1 atom stereocenters. The largest absolute Gasteiger partial charge is 0.480 e. The summed E-state index contributed by atoms with van der Waals surface area (Å²) in [7, 11) is 0. The normalized spacial score (nSPS) is 11.1. The molecule has 2 aromatic rings. The van der Waals surface area contributed by atoms with Gasteiger partial charge in [-0.3, -0.25) is 9.78 Å². The molecule has 0 aliphatic heterocycles. The van der Waals surface area contributed by atoms with Crippen LogP contribution in [-0.2, 0) is 11.2 Å². The van der Waals surface area contributed by atoms with Gasteiger partial charge in [-0.05, 0) is 54.7 Å². The molecular weight excluding hydrogens is 359 g/mol. The third kappa shape index (κ3) is 5.08. The van der Waals surface area contributed by atoms with Crippen molar-refractivity contribution in [2.45, 2.75) is 26.3 Å². The second kappa shape index (κ2) is 9.08. The lowest BCUT2D eigenvalue weighted by molar-refractivity contribution is -0.138. The molecule has 2 rings (SSSR count). The van der Waals surface area contributed by atoms with Crippen molar-refractivity contribution in [1.29, 1.82) is 0 Å². The number of nitrogens with zero attached hydrogens (tertiary/aromatic N) is 1. The number of hydrogen-bond acceptors (Lipinski definition) is 3. The number of halogens is 3. The Morgan fingerprint density at radius 3 is 2.52 bits per heavy atom. The van der Waals surface area contributed by atoms with Gasteiger partial charge in [0.25, 0.3) is 0 Å². The van der Waals surface area contributed by atoms with Crippen molar-refractivity contribution in [3.63, 3.8) is 0 Å². The van der Waals surface area contributed by atoms with Crippen LogP contribution >= 0.6 is 36.4 Å². The van der Waals surface area contributed by atoms with Gasteiger partial charge in [0.1, 0.15) is 6.04 Å². The molecule has 0 saturated heterocycles. The first-order chi connectivity index (χ1) is 9.90. The lowest BCUT2D eigenvalue weighted by Gasteiger charge is -2.12. The van der Waals surface area contributed by atoms with E-state index in [4.69, 9.17) is 22.4 Å². The van der Waals surface area contributed by atoms with Crippen molar-refractivity contribution < 1.29 is 9.90 Å². The first kappa shape index (κ1) is 21.7. The Morgan fingerprint density at radius 2 is 1.96 bits per heavy atom. The zero-order chi connectivity index (χ0) is 15.6. The molecule has 0 fully saturated rings. The minimum Gasteiger partial charge on any atom is -0.480 e. The van der Waals surface area contributed by atoms with Gasteiger partial charge in [0.2, 0.25) is 0 Å². The fourth-order valence-corrected chi connectivity index (χ4v) is 2.42. The molecule has 23 heavy (non-hydrogen) atoms. The van der Waals surface area contributed by atoms with Crippen molar-refractivity contribution >= 4 is 42.4 Å². The fourth-order valence-electron chi connectivity index (χ4n) is 2.16. The minimum absolute atomic E-state index is 0. The SMILES string of the molecule is Cc1nccc(-c2ccc(C[C@H](N)C(=O)O)c(Cl)c2)c1C.Cl.Cl. The fraction of sp³-hybridized carbons (Fsp3) is 0.250. The highest BCUT2D eigenvalue weighted by molar-refractivity contribution is 6.31. The molecule has 4 nitrogen and oxygen atoms in total. The lowest BCUT2D eigenvalue weighted by Crippen LogP contribution is -2.32. The maximum atomic E-state index is 10.8. The number of aromatic nitrogens is 1. The van der Waals surface area contributed by atoms with Gasteiger partial charge in [-0.2, -0.15) is 0 Å². The van der Waals surface area contributed by atoms with Crippen LogP contribution in [0.3, 0.4) is 0 Å². The highest BCUT2D eigenvalue weighted by Crippen LogP contribution is 2.29. The number of carboxylic acid groups (broad SMARTS) is 1. The summed E-state index contributed by atoms with van der Waals surface area (Å²) in [6.45, 7) is 3.97. The van der Waals surface area contributed by atoms with Gasteiger partial charge in [-0.15, -0.1) is 24.8 Å². The van der Waals surface area contributed by atoms with E-state index in [0.717, 1.165) is 27.9 Å². The van der Waals surface area contributed by atoms with Gasteiger partial charge in [-0.25, -0.2) is 0 Å². The Morgan fingerprint density at radius 1 is 1.30 bits per heavy atom. The lowest BCUT2D eigenvalue weighted by atomic mass is 9.98. The van der Waals surface area contributed by atoms with Crippen LogP contribution in [0, 0.1) is 13.8 Å². The average Bonchev–Trinajstić information content (AvgIpc) is 2.44. The van der Waals surface area contributed by atoms with Gasteiger partial charge in [0.15, 0.2) is 0 Å². The molecule has 0 unspecified atom stereocenters. The predicted octanol–water partition coefficient (Wildman–Crippen LogP) is 3.82. The second-order valence-corrected chi connectivity index (χ2v) is 5.43. The molecule has 0 radical (unpaired) electrons. The van der Waals surface area contributed by atoms with Gasteiger partial charge in [0.05, 0.1) is 0 Å². The number of rotatable bonds is 4. The van der Waals surface area contributed by atoms with E-state index in [-0.39, 0.29) is 31.2 Å². The smallest absolute Gasteiger partial charge is 0.320 e. The van der Waals surface area contributed by atoms with Gasteiger partial charge < -0.3 is 10.8 Å². The van der Waals surface area contributed by atoms with E-state index in [2.05, 4.69) is 4.98 Å². The van der Waals surface area contributed by atoms with Gasteiger partial charge in [0, 0.05) is 16.9 Å². The average molecular weight is 378 g/mol. The number of benzene rings is 1. The van der Waals surface area contributed by atoms with Crippen LogP contribution in [0.15, 0.2) is 30.5 Å². The van der Waals surface area contributed by atoms with Crippen LogP contribution < -0.4 is 5.73 Å². The Bertz CT molecular complexity index is 693. The van der Waals surface area contributed by atoms with Crippen molar-refractivity contribution in [2.24, 2.45) is 5.73 Å². The summed E-state index contributed by atoms with van der Waals surface area (Å²) < 4.78 is 0. The summed E-state index contributed by atoms with van der Waals surface area (Å²) in [6.07, 6.45) is 1.97. The van der Waals surface area contributed by atoms with Crippen molar-refractivity contribution in [3.8, 4) is 11.1 Å². The number of aryl methyl sites for hydroxylation is 1. The van der Waals surface area contributed by atoms with Crippen molar-refractivity contribution in [3.05, 3.63) is 52.3 Å². The van der Waals surface area contributed by atoms with Crippen molar-refractivity contribution in [1.82, 2.24) is 4.98 Å². The summed E-state index contributed by atoms with van der Waals surface area (Å²) >= 11 is 6.26. The molecule has 1 aromatic heterocycles. The first-order valence-electron chi connectivity index (χ1n) is 6.59. The molecule has 0 spiro atoms. The molecule has 126 valence electrons. The van der Waals surface area contributed by atoms with Gasteiger partial charge in [-0.1, -0.05) is 23.7 Å². The Kier molecular flexibility index (Phi) is 8.56. The second-order valence-electron chi connectivity index (χ2n) is 5.02.